The van der Waals surface area contributed by atoms with Crippen molar-refractivity contribution >= 4 is 5.97 Å². The van der Waals surface area contributed by atoms with E-state index in [4.69, 9.17) is 5.11 Å². The zero-order valence-electron chi connectivity index (χ0n) is 5.74. The van der Waals surface area contributed by atoms with Gasteiger partial charge in [0, 0.05) is 19.7 Å². The van der Waals surface area contributed by atoms with Gasteiger partial charge >= 0.3 is 5.97 Å². The number of rotatable bonds is 1. The highest BCUT2D eigenvalue weighted by molar-refractivity contribution is 5.86. The van der Waals surface area contributed by atoms with E-state index in [0.29, 0.717) is 12.0 Å². The second kappa shape index (κ2) is 2.56. The van der Waals surface area contributed by atoms with Gasteiger partial charge in [0.15, 0.2) is 0 Å². The van der Waals surface area contributed by atoms with E-state index >= 15 is 0 Å². The van der Waals surface area contributed by atoms with Crippen molar-refractivity contribution in [3.8, 4) is 0 Å². The molecule has 10 heavy (non-hydrogen) atoms. The molecule has 1 aliphatic heterocycles. The van der Waals surface area contributed by atoms with Crippen molar-refractivity contribution in [1.82, 2.24) is 4.90 Å². The number of nitrogens with zero attached hydrogens (tertiary/aromatic N) is 1. The molecule has 0 amide bonds. The van der Waals surface area contributed by atoms with Crippen LogP contribution in [0.3, 0.4) is 0 Å². The largest absolute Gasteiger partial charge is 0.478 e. The third-order valence-corrected chi connectivity index (χ3v) is 1.31. The molecule has 54 valence electrons. The van der Waals surface area contributed by atoms with Crippen molar-refractivity contribution < 1.29 is 9.90 Å². The van der Waals surface area contributed by atoms with E-state index in [0.717, 1.165) is 0 Å². The quantitative estimate of drug-likeness (QED) is 0.584. The number of hydrogen-bond donors (Lipinski definition) is 1. The zero-order valence-corrected chi connectivity index (χ0v) is 5.74. The second-order valence-electron chi connectivity index (χ2n) is 2.21. The van der Waals surface area contributed by atoms with Crippen LogP contribution in [0.1, 0.15) is 6.42 Å². The molecular formula is C7H9NO2. The smallest absolute Gasteiger partial charge is 0.333 e. The first-order chi connectivity index (χ1) is 4.70. The minimum atomic E-state index is -0.837. The van der Waals surface area contributed by atoms with Crippen molar-refractivity contribution in [2.75, 3.05) is 7.05 Å². The van der Waals surface area contributed by atoms with E-state index in [1.807, 2.05) is 12.3 Å². The summed E-state index contributed by atoms with van der Waals surface area (Å²) in [6, 6.07) is 0. The maximum Gasteiger partial charge on any atom is 0.333 e. The van der Waals surface area contributed by atoms with Crippen LogP contribution in [-0.2, 0) is 4.79 Å². The summed E-state index contributed by atoms with van der Waals surface area (Å²) in [5, 5.41) is 8.53. The van der Waals surface area contributed by atoms with Crippen molar-refractivity contribution in [3.05, 3.63) is 24.0 Å². The zero-order chi connectivity index (χ0) is 7.56. The van der Waals surface area contributed by atoms with Gasteiger partial charge in [-0.05, 0) is 6.20 Å². The Kier molecular flexibility index (Phi) is 1.76. The average Bonchev–Trinajstić information content (AvgIpc) is 1.88. The first-order valence-electron chi connectivity index (χ1n) is 3.03. The number of aliphatic carboxylic acids is 1. The van der Waals surface area contributed by atoms with Gasteiger partial charge in [-0.25, -0.2) is 4.79 Å². The SMILES string of the molecule is CN1C=CCC(C(=O)O)=C1. The molecule has 1 heterocycles. The number of carboxylic acids is 1. The molecule has 0 aromatic rings. The molecule has 0 aromatic carbocycles. The minimum Gasteiger partial charge on any atom is -0.478 e. The third kappa shape index (κ3) is 1.37. The maximum atomic E-state index is 10.4. The Hall–Kier alpha value is -1.25. The first kappa shape index (κ1) is 6.86. The molecule has 1 aliphatic rings. The van der Waals surface area contributed by atoms with Gasteiger partial charge in [-0.15, -0.1) is 0 Å². The van der Waals surface area contributed by atoms with Crippen LogP contribution in [0.5, 0.6) is 0 Å². The second-order valence-corrected chi connectivity index (χ2v) is 2.21. The number of allylic oxidation sites excluding steroid dienone is 1. The molecule has 0 aliphatic carbocycles. The number of carbonyl (C=O) groups is 1. The van der Waals surface area contributed by atoms with Crippen LogP contribution in [0.4, 0.5) is 0 Å². The lowest BCUT2D eigenvalue weighted by Crippen LogP contribution is -2.11. The Balaban J connectivity index is 2.71. The fourth-order valence-corrected chi connectivity index (χ4v) is 0.830. The van der Waals surface area contributed by atoms with E-state index in [9.17, 15) is 4.79 Å². The molecule has 0 aromatic heterocycles. The lowest BCUT2D eigenvalue weighted by molar-refractivity contribution is -0.132. The predicted molar refractivity (Wildman–Crippen MR) is 37.2 cm³/mol. The van der Waals surface area contributed by atoms with Crippen LogP contribution in [0.2, 0.25) is 0 Å². The van der Waals surface area contributed by atoms with Gasteiger partial charge in [-0.2, -0.15) is 0 Å². The maximum absolute atomic E-state index is 10.4. The molecule has 0 bridgehead atoms. The summed E-state index contributed by atoms with van der Waals surface area (Å²) in [6.07, 6.45) is 5.80. The van der Waals surface area contributed by atoms with Crippen LogP contribution in [0.25, 0.3) is 0 Å². The van der Waals surface area contributed by atoms with Crippen LogP contribution < -0.4 is 0 Å². The number of carboxylic acid groups (broad SMARTS) is 1. The van der Waals surface area contributed by atoms with Gasteiger partial charge in [0.2, 0.25) is 0 Å². The molecular weight excluding hydrogens is 130 g/mol. The molecule has 3 nitrogen and oxygen atoms in total. The topological polar surface area (TPSA) is 40.5 Å². The fourth-order valence-electron chi connectivity index (χ4n) is 0.830. The molecule has 3 heteroatoms. The Morgan fingerprint density at radius 1 is 1.80 bits per heavy atom. The molecule has 0 unspecified atom stereocenters. The van der Waals surface area contributed by atoms with Gasteiger partial charge < -0.3 is 10.0 Å². The van der Waals surface area contributed by atoms with Gasteiger partial charge in [-0.1, -0.05) is 6.08 Å². The first-order valence-corrected chi connectivity index (χ1v) is 3.03. The Bertz CT molecular complexity index is 206. The predicted octanol–water partition coefficient (Wildman–Crippen LogP) is 0.804. The fraction of sp³-hybridized carbons (Fsp3) is 0.286. The van der Waals surface area contributed by atoms with Crippen molar-refractivity contribution in [2.24, 2.45) is 0 Å². The van der Waals surface area contributed by atoms with E-state index in [-0.39, 0.29) is 0 Å². The summed E-state index contributed by atoms with van der Waals surface area (Å²) in [5.41, 5.74) is 0.435. The molecule has 1 rings (SSSR count). The van der Waals surface area contributed by atoms with Gasteiger partial charge in [-0.3, -0.25) is 0 Å². The normalized spacial score (nSPS) is 16.9. The molecule has 0 atom stereocenters. The van der Waals surface area contributed by atoms with Crippen LogP contribution >= 0.6 is 0 Å². The van der Waals surface area contributed by atoms with Crippen molar-refractivity contribution in [3.63, 3.8) is 0 Å². The monoisotopic (exact) mass is 139 g/mol. The lowest BCUT2D eigenvalue weighted by Gasteiger charge is -2.13. The highest BCUT2D eigenvalue weighted by Crippen LogP contribution is 2.09. The van der Waals surface area contributed by atoms with Gasteiger partial charge in [0.25, 0.3) is 0 Å². The Morgan fingerprint density at radius 3 is 2.90 bits per heavy atom. The number of hydrogen-bond acceptors (Lipinski definition) is 2. The Morgan fingerprint density at radius 2 is 2.50 bits per heavy atom. The molecule has 0 saturated carbocycles. The van der Waals surface area contributed by atoms with E-state index in [2.05, 4.69) is 0 Å². The summed E-state index contributed by atoms with van der Waals surface area (Å²) < 4.78 is 0. The van der Waals surface area contributed by atoms with E-state index < -0.39 is 5.97 Å². The highest BCUT2D eigenvalue weighted by Gasteiger charge is 2.08. The van der Waals surface area contributed by atoms with Crippen LogP contribution in [0.15, 0.2) is 24.0 Å². The van der Waals surface area contributed by atoms with E-state index in [1.165, 1.54) is 0 Å². The summed E-state index contributed by atoms with van der Waals surface area (Å²) in [6.45, 7) is 0. The summed E-state index contributed by atoms with van der Waals surface area (Å²) in [4.78, 5) is 12.1. The summed E-state index contributed by atoms with van der Waals surface area (Å²) in [5.74, 6) is -0.837. The standard InChI is InChI=1S/C7H9NO2/c1-8-4-2-3-6(5-8)7(9)10/h2,4-5H,3H2,1H3,(H,9,10). The molecule has 0 saturated heterocycles. The van der Waals surface area contributed by atoms with Gasteiger partial charge in [0.05, 0.1) is 5.57 Å². The van der Waals surface area contributed by atoms with Crippen LogP contribution in [0, 0.1) is 0 Å². The average molecular weight is 139 g/mol. The van der Waals surface area contributed by atoms with Crippen LogP contribution in [-0.4, -0.2) is 23.0 Å². The molecule has 0 spiro atoms. The molecule has 1 N–H and O–H groups in total. The molecule has 0 radical (unpaired) electrons. The molecule has 0 fully saturated rings. The lowest BCUT2D eigenvalue weighted by atomic mass is 10.2. The van der Waals surface area contributed by atoms with E-state index in [1.54, 1.807) is 18.1 Å². The van der Waals surface area contributed by atoms with Gasteiger partial charge in [0.1, 0.15) is 0 Å². The summed E-state index contributed by atoms with van der Waals surface area (Å²) >= 11 is 0. The third-order valence-electron chi connectivity index (χ3n) is 1.31. The summed E-state index contributed by atoms with van der Waals surface area (Å²) in [7, 11) is 1.80. The Labute approximate surface area is 59.3 Å². The van der Waals surface area contributed by atoms with Crippen molar-refractivity contribution in [1.29, 1.82) is 0 Å². The van der Waals surface area contributed by atoms with Crippen molar-refractivity contribution in [2.45, 2.75) is 6.42 Å². The minimum absolute atomic E-state index is 0.435. The highest BCUT2D eigenvalue weighted by atomic mass is 16.4.